The summed E-state index contributed by atoms with van der Waals surface area (Å²) in [5.74, 6) is 0.911. The zero-order valence-electron chi connectivity index (χ0n) is 20.1. The lowest BCUT2D eigenvalue weighted by molar-refractivity contribution is 0.0679. The van der Waals surface area contributed by atoms with Crippen LogP contribution in [0, 0.1) is 6.92 Å². The van der Waals surface area contributed by atoms with Gasteiger partial charge in [0.1, 0.15) is 12.4 Å². The van der Waals surface area contributed by atoms with Crippen LogP contribution >= 0.6 is 0 Å². The standard InChI is InChI=1S/C28H35N3O3/c1-20-16-22(30-14-11-28(19-30)10-3-12-29-28)5-8-26(20)31-13-9-21-17-23(6-7-25(21)27(31)32)34-18-24-4-2-15-33-24/h5-8,16-17,24,29H,2-4,9-15,18-19H2,1H3. The Labute approximate surface area is 202 Å². The fourth-order valence-electron chi connectivity index (χ4n) is 6.20. The van der Waals surface area contributed by atoms with Gasteiger partial charge in [-0.15, -0.1) is 0 Å². The van der Waals surface area contributed by atoms with Crippen LogP contribution in [-0.2, 0) is 11.2 Å². The maximum Gasteiger partial charge on any atom is 0.258 e. The highest BCUT2D eigenvalue weighted by Gasteiger charge is 2.40. The van der Waals surface area contributed by atoms with Gasteiger partial charge in [0.2, 0.25) is 0 Å². The summed E-state index contributed by atoms with van der Waals surface area (Å²) >= 11 is 0. The van der Waals surface area contributed by atoms with Crippen molar-refractivity contribution in [3.05, 3.63) is 53.1 Å². The molecule has 3 saturated heterocycles. The summed E-state index contributed by atoms with van der Waals surface area (Å²) in [5.41, 5.74) is 5.62. The number of carbonyl (C=O) groups is 1. The first-order valence-electron chi connectivity index (χ1n) is 12.9. The van der Waals surface area contributed by atoms with Gasteiger partial charge in [-0.2, -0.15) is 0 Å². The molecule has 0 aliphatic carbocycles. The van der Waals surface area contributed by atoms with Crippen molar-refractivity contribution in [3.8, 4) is 5.75 Å². The number of fused-ring (bicyclic) bond motifs is 1. The van der Waals surface area contributed by atoms with E-state index >= 15 is 0 Å². The zero-order chi connectivity index (χ0) is 23.1. The van der Waals surface area contributed by atoms with Crippen LogP contribution in [0.25, 0.3) is 0 Å². The third kappa shape index (κ3) is 4.07. The lowest BCUT2D eigenvalue weighted by atomic mass is 9.97. The number of hydrogen-bond acceptors (Lipinski definition) is 5. The van der Waals surface area contributed by atoms with E-state index in [1.165, 1.54) is 24.9 Å². The monoisotopic (exact) mass is 461 g/mol. The lowest BCUT2D eigenvalue weighted by Gasteiger charge is -2.31. The molecule has 2 unspecified atom stereocenters. The zero-order valence-corrected chi connectivity index (χ0v) is 20.1. The topological polar surface area (TPSA) is 54.0 Å². The predicted octanol–water partition coefficient (Wildman–Crippen LogP) is 4.09. The van der Waals surface area contributed by atoms with Gasteiger partial charge in [-0.25, -0.2) is 0 Å². The number of nitrogens with one attached hydrogen (secondary N) is 1. The van der Waals surface area contributed by atoms with Crippen molar-refractivity contribution in [2.75, 3.05) is 49.2 Å². The molecule has 6 heteroatoms. The normalized spacial score (nSPS) is 26.5. The van der Waals surface area contributed by atoms with Crippen LogP contribution in [0.2, 0.25) is 0 Å². The van der Waals surface area contributed by atoms with Gasteiger partial charge < -0.3 is 24.6 Å². The molecular weight excluding hydrogens is 426 g/mol. The molecule has 1 N–H and O–H groups in total. The molecule has 6 rings (SSSR count). The lowest BCUT2D eigenvalue weighted by Crippen LogP contribution is -2.42. The Balaban J connectivity index is 1.15. The number of amides is 1. The molecule has 2 atom stereocenters. The van der Waals surface area contributed by atoms with Crippen LogP contribution in [0.5, 0.6) is 5.75 Å². The Morgan fingerprint density at radius 2 is 2.09 bits per heavy atom. The van der Waals surface area contributed by atoms with E-state index < -0.39 is 0 Å². The van der Waals surface area contributed by atoms with Crippen LogP contribution in [0.4, 0.5) is 11.4 Å². The molecule has 4 heterocycles. The van der Waals surface area contributed by atoms with Gasteiger partial charge in [0.15, 0.2) is 0 Å². The van der Waals surface area contributed by atoms with E-state index in [9.17, 15) is 4.79 Å². The molecule has 4 aliphatic rings. The number of carbonyl (C=O) groups excluding carboxylic acids is 1. The average Bonchev–Trinajstić information content (AvgIpc) is 3.62. The highest BCUT2D eigenvalue weighted by atomic mass is 16.5. The maximum absolute atomic E-state index is 13.4. The highest BCUT2D eigenvalue weighted by molar-refractivity contribution is 6.08. The first-order valence-corrected chi connectivity index (χ1v) is 12.9. The van der Waals surface area contributed by atoms with E-state index in [1.807, 2.05) is 23.1 Å². The van der Waals surface area contributed by atoms with Gasteiger partial charge in [-0.05, 0) is 99.5 Å². The molecule has 4 aliphatic heterocycles. The van der Waals surface area contributed by atoms with Crippen LogP contribution in [0.15, 0.2) is 36.4 Å². The number of benzene rings is 2. The molecule has 2 aromatic rings. The Hall–Kier alpha value is -2.57. The number of rotatable bonds is 5. The molecule has 6 nitrogen and oxygen atoms in total. The Morgan fingerprint density at radius 1 is 1.15 bits per heavy atom. The summed E-state index contributed by atoms with van der Waals surface area (Å²) in [6.45, 7) is 7.56. The van der Waals surface area contributed by atoms with Crippen molar-refractivity contribution in [1.29, 1.82) is 0 Å². The average molecular weight is 462 g/mol. The van der Waals surface area contributed by atoms with E-state index in [0.29, 0.717) is 18.7 Å². The Bertz CT molecular complexity index is 1070. The number of ether oxygens (including phenoxy) is 2. The first-order chi connectivity index (χ1) is 16.6. The summed E-state index contributed by atoms with van der Waals surface area (Å²) in [5, 5.41) is 3.74. The van der Waals surface area contributed by atoms with Crippen molar-refractivity contribution in [2.45, 2.75) is 57.1 Å². The molecule has 180 valence electrons. The number of nitrogens with zero attached hydrogens (tertiary/aromatic N) is 2. The van der Waals surface area contributed by atoms with Crippen molar-refractivity contribution < 1.29 is 14.3 Å². The van der Waals surface area contributed by atoms with Gasteiger partial charge in [-0.1, -0.05) is 0 Å². The molecule has 1 amide bonds. The van der Waals surface area contributed by atoms with E-state index in [4.69, 9.17) is 9.47 Å². The highest BCUT2D eigenvalue weighted by Crippen LogP contribution is 2.36. The molecule has 0 saturated carbocycles. The fourth-order valence-corrected chi connectivity index (χ4v) is 6.20. The second-order valence-corrected chi connectivity index (χ2v) is 10.4. The second-order valence-electron chi connectivity index (χ2n) is 10.4. The quantitative estimate of drug-likeness (QED) is 0.727. The minimum atomic E-state index is 0.0815. The van der Waals surface area contributed by atoms with Crippen molar-refractivity contribution in [2.24, 2.45) is 0 Å². The predicted molar refractivity (Wildman–Crippen MR) is 134 cm³/mol. The van der Waals surface area contributed by atoms with Gasteiger partial charge in [-0.3, -0.25) is 4.79 Å². The SMILES string of the molecule is Cc1cc(N2CCC3(CCCN3)C2)ccc1N1CCc2cc(OCC3CCCO3)ccc2C1=O. The summed E-state index contributed by atoms with van der Waals surface area (Å²) in [6.07, 6.45) is 6.98. The van der Waals surface area contributed by atoms with E-state index in [-0.39, 0.29) is 12.0 Å². The number of aryl methyl sites for hydroxylation is 1. The smallest absolute Gasteiger partial charge is 0.258 e. The van der Waals surface area contributed by atoms with E-state index in [2.05, 4.69) is 35.3 Å². The first kappa shape index (κ1) is 21.9. The maximum atomic E-state index is 13.4. The molecule has 1 spiro atoms. The van der Waals surface area contributed by atoms with Gasteiger partial charge in [0.05, 0.1) is 6.10 Å². The number of hydrogen-bond donors (Lipinski definition) is 1. The van der Waals surface area contributed by atoms with Crippen molar-refractivity contribution in [1.82, 2.24) is 5.32 Å². The molecule has 0 radical (unpaired) electrons. The van der Waals surface area contributed by atoms with Gasteiger partial charge in [0.25, 0.3) is 5.91 Å². The molecular formula is C28H35N3O3. The molecule has 2 aromatic carbocycles. The summed E-state index contributed by atoms with van der Waals surface area (Å²) in [7, 11) is 0. The van der Waals surface area contributed by atoms with Crippen LogP contribution in [0.1, 0.15) is 53.6 Å². The van der Waals surface area contributed by atoms with Gasteiger partial charge >= 0.3 is 0 Å². The minimum Gasteiger partial charge on any atom is -0.491 e. The fraction of sp³-hybridized carbons (Fsp3) is 0.536. The molecule has 34 heavy (non-hydrogen) atoms. The molecule has 3 fully saturated rings. The Morgan fingerprint density at radius 3 is 2.88 bits per heavy atom. The second kappa shape index (κ2) is 8.90. The molecule has 0 bridgehead atoms. The third-order valence-electron chi connectivity index (χ3n) is 8.14. The minimum absolute atomic E-state index is 0.0815. The van der Waals surface area contributed by atoms with Crippen LogP contribution in [-0.4, -0.2) is 56.9 Å². The summed E-state index contributed by atoms with van der Waals surface area (Å²) in [4.78, 5) is 17.8. The Kier molecular flexibility index (Phi) is 5.74. The third-order valence-corrected chi connectivity index (χ3v) is 8.14. The largest absolute Gasteiger partial charge is 0.491 e. The van der Waals surface area contributed by atoms with E-state index in [1.54, 1.807) is 0 Å². The molecule has 0 aromatic heterocycles. The number of anilines is 2. The van der Waals surface area contributed by atoms with Crippen LogP contribution in [0.3, 0.4) is 0 Å². The van der Waals surface area contributed by atoms with Crippen molar-refractivity contribution in [3.63, 3.8) is 0 Å². The van der Waals surface area contributed by atoms with Crippen molar-refractivity contribution >= 4 is 17.3 Å². The van der Waals surface area contributed by atoms with Gasteiger partial charge in [0, 0.05) is 48.7 Å². The summed E-state index contributed by atoms with van der Waals surface area (Å²) in [6, 6.07) is 12.5. The van der Waals surface area contributed by atoms with Crippen LogP contribution < -0.4 is 19.9 Å². The van der Waals surface area contributed by atoms with E-state index in [0.717, 1.165) is 73.6 Å². The summed E-state index contributed by atoms with van der Waals surface area (Å²) < 4.78 is 11.6.